The Hall–Kier alpha value is -2.14. The van der Waals surface area contributed by atoms with Crippen molar-refractivity contribution in [1.29, 1.82) is 0 Å². The molecule has 0 radical (unpaired) electrons. The molecule has 0 saturated heterocycles. The number of hydrogen-bond acceptors (Lipinski definition) is 2. The minimum Gasteiger partial charge on any atom is -0.307 e. The van der Waals surface area contributed by atoms with Crippen molar-refractivity contribution in [3.8, 4) is 0 Å². The van der Waals surface area contributed by atoms with Gasteiger partial charge in [-0.1, -0.05) is 24.3 Å². The molecule has 5 heteroatoms. The highest BCUT2D eigenvalue weighted by atomic mass is 32.2. The van der Waals surface area contributed by atoms with Crippen LogP contribution < -0.4 is 10.0 Å². The van der Waals surface area contributed by atoms with Gasteiger partial charge in [-0.2, -0.15) is 0 Å². The molecule has 2 aliphatic rings. The van der Waals surface area contributed by atoms with E-state index in [2.05, 4.69) is 16.1 Å². The molecule has 0 heterocycles. The monoisotopic (exact) mass is 340 g/mol. The second-order valence-corrected chi connectivity index (χ2v) is 7.58. The lowest BCUT2D eigenvalue weighted by Crippen LogP contribution is -2.31. The number of fused-ring (bicyclic) bond motifs is 2. The number of benzene rings is 2. The maximum Gasteiger partial charge on any atom is 0.331 e. The molecule has 4 nitrogen and oxygen atoms in total. The summed E-state index contributed by atoms with van der Waals surface area (Å²) in [7, 11) is -1.55. The molecule has 0 aromatic heterocycles. The van der Waals surface area contributed by atoms with Crippen molar-refractivity contribution in [2.75, 3.05) is 5.32 Å². The maximum atomic E-state index is 12.4. The van der Waals surface area contributed by atoms with Gasteiger partial charge in [-0.15, -0.1) is 0 Å². The zero-order valence-electron chi connectivity index (χ0n) is 13.4. The first-order chi connectivity index (χ1) is 11.7. The zero-order valence-corrected chi connectivity index (χ0v) is 14.2. The molecule has 0 spiro atoms. The quantitative estimate of drug-likeness (QED) is 0.898. The highest BCUT2D eigenvalue weighted by Gasteiger charge is 2.25. The first-order valence-electron chi connectivity index (χ1n) is 8.43. The zero-order chi connectivity index (χ0) is 16.5. The van der Waals surface area contributed by atoms with Crippen molar-refractivity contribution in [1.82, 2.24) is 4.72 Å². The summed E-state index contributed by atoms with van der Waals surface area (Å²) < 4.78 is 14.8. The van der Waals surface area contributed by atoms with Gasteiger partial charge in [0, 0.05) is 5.69 Å². The molecule has 2 amide bonds. The van der Waals surface area contributed by atoms with Crippen LogP contribution in [0, 0.1) is 0 Å². The molecule has 124 valence electrons. The average molecular weight is 340 g/mol. The molecule has 2 aromatic rings. The largest absolute Gasteiger partial charge is 0.331 e. The summed E-state index contributed by atoms with van der Waals surface area (Å²) >= 11 is 0. The van der Waals surface area contributed by atoms with Gasteiger partial charge in [0.2, 0.25) is 0 Å². The van der Waals surface area contributed by atoms with Gasteiger partial charge in [-0.25, -0.2) is 9.00 Å². The van der Waals surface area contributed by atoms with Gasteiger partial charge in [0.25, 0.3) is 0 Å². The number of amides is 2. The molecular formula is C19H20N2O2S. The predicted molar refractivity (Wildman–Crippen MR) is 95.5 cm³/mol. The van der Waals surface area contributed by atoms with Crippen molar-refractivity contribution in [3.63, 3.8) is 0 Å². The van der Waals surface area contributed by atoms with Gasteiger partial charge in [-0.05, 0) is 72.9 Å². The van der Waals surface area contributed by atoms with E-state index in [4.69, 9.17) is 0 Å². The van der Waals surface area contributed by atoms with E-state index in [-0.39, 0.29) is 0 Å². The third kappa shape index (κ3) is 2.84. The molecule has 0 aliphatic heterocycles. The van der Waals surface area contributed by atoms with Crippen LogP contribution >= 0.6 is 0 Å². The number of carbonyl (C=O) groups is 1. The van der Waals surface area contributed by atoms with Crippen LogP contribution in [0.4, 0.5) is 10.5 Å². The summed E-state index contributed by atoms with van der Waals surface area (Å²) in [6.45, 7) is 0. The Bertz CT molecular complexity index is 786. The minimum absolute atomic E-state index is 0.397. The number of carbonyl (C=O) groups excluding carboxylic acids is 1. The number of anilines is 1. The maximum absolute atomic E-state index is 12.4. The highest BCUT2D eigenvalue weighted by Crippen LogP contribution is 2.38. The Morgan fingerprint density at radius 2 is 1.54 bits per heavy atom. The Balaban J connectivity index is 1.56. The van der Waals surface area contributed by atoms with Crippen LogP contribution in [-0.4, -0.2) is 10.2 Å². The van der Waals surface area contributed by atoms with Crippen molar-refractivity contribution >= 4 is 22.7 Å². The van der Waals surface area contributed by atoms with Gasteiger partial charge >= 0.3 is 6.03 Å². The van der Waals surface area contributed by atoms with E-state index in [0.717, 1.165) is 44.2 Å². The van der Waals surface area contributed by atoms with Crippen LogP contribution in [0.5, 0.6) is 0 Å². The van der Waals surface area contributed by atoms with Gasteiger partial charge in [-0.3, -0.25) is 4.72 Å². The highest BCUT2D eigenvalue weighted by molar-refractivity contribution is 7.83. The minimum atomic E-state index is -1.55. The molecule has 0 saturated carbocycles. The fraction of sp³-hybridized carbons (Fsp3) is 0.316. The number of hydrogen-bond donors (Lipinski definition) is 2. The lowest BCUT2D eigenvalue weighted by atomic mass is 9.99. The third-order valence-electron chi connectivity index (χ3n) is 4.85. The van der Waals surface area contributed by atoms with Crippen LogP contribution in [0.1, 0.15) is 35.1 Å². The molecule has 1 unspecified atom stereocenters. The summed E-state index contributed by atoms with van der Waals surface area (Å²) in [6.07, 6.45) is 6.50. The van der Waals surface area contributed by atoms with Crippen LogP contribution in [0.2, 0.25) is 0 Å². The van der Waals surface area contributed by atoms with E-state index >= 15 is 0 Å². The fourth-order valence-corrected chi connectivity index (χ4v) is 4.53. The van der Waals surface area contributed by atoms with Crippen molar-refractivity contribution in [2.45, 2.75) is 43.4 Å². The van der Waals surface area contributed by atoms with E-state index in [9.17, 15) is 9.00 Å². The number of nitrogens with one attached hydrogen (secondary N) is 2. The van der Waals surface area contributed by atoms with Gasteiger partial charge in [0.1, 0.15) is 0 Å². The molecule has 1 atom stereocenters. The van der Waals surface area contributed by atoms with Gasteiger partial charge in [0.15, 0.2) is 11.0 Å². The molecule has 24 heavy (non-hydrogen) atoms. The smallest absolute Gasteiger partial charge is 0.307 e. The van der Waals surface area contributed by atoms with Crippen molar-refractivity contribution in [2.24, 2.45) is 0 Å². The summed E-state index contributed by atoms with van der Waals surface area (Å²) in [6, 6.07) is 10.9. The SMILES string of the molecule is O=C(Nc1c2c(cc3c1CCC3)CCC2)NS(=O)c1ccccc1. The van der Waals surface area contributed by atoms with E-state index < -0.39 is 17.0 Å². The third-order valence-corrected chi connectivity index (χ3v) is 5.93. The molecule has 2 aliphatic carbocycles. The molecule has 2 aromatic carbocycles. The van der Waals surface area contributed by atoms with E-state index in [1.165, 1.54) is 22.3 Å². The van der Waals surface area contributed by atoms with Crippen LogP contribution in [-0.2, 0) is 36.7 Å². The van der Waals surface area contributed by atoms with Crippen LogP contribution in [0.25, 0.3) is 0 Å². The lowest BCUT2D eigenvalue weighted by molar-refractivity contribution is 0.257. The van der Waals surface area contributed by atoms with Crippen LogP contribution in [0.3, 0.4) is 0 Å². The molecular weight excluding hydrogens is 320 g/mol. The second-order valence-electron chi connectivity index (χ2n) is 6.37. The average Bonchev–Trinajstić information content (AvgIpc) is 3.24. The van der Waals surface area contributed by atoms with Crippen molar-refractivity contribution < 1.29 is 9.00 Å². The number of urea groups is 1. The molecule has 0 fully saturated rings. The summed E-state index contributed by atoms with van der Waals surface area (Å²) in [5, 5.41) is 3.00. The Labute approximate surface area is 144 Å². The molecule has 4 rings (SSSR count). The Morgan fingerprint density at radius 3 is 2.17 bits per heavy atom. The van der Waals surface area contributed by atoms with E-state index in [1.54, 1.807) is 12.1 Å². The normalized spacial score (nSPS) is 16.3. The summed E-state index contributed by atoms with van der Waals surface area (Å²) in [5.74, 6) is 0. The van der Waals surface area contributed by atoms with Gasteiger partial charge in [0.05, 0.1) is 4.90 Å². The van der Waals surface area contributed by atoms with Crippen LogP contribution in [0.15, 0.2) is 41.3 Å². The number of aryl methyl sites for hydroxylation is 2. The Kier molecular flexibility index (Phi) is 4.10. The number of rotatable bonds is 3. The van der Waals surface area contributed by atoms with Gasteiger partial charge < -0.3 is 5.32 Å². The first-order valence-corrected chi connectivity index (χ1v) is 9.58. The topological polar surface area (TPSA) is 58.2 Å². The molecule has 0 bridgehead atoms. The summed E-state index contributed by atoms with van der Waals surface area (Å²) in [5.41, 5.74) is 6.26. The molecule has 2 N–H and O–H groups in total. The standard InChI is InChI=1S/C19H20N2O2S/c22-19(21-24(23)15-8-2-1-3-9-15)20-18-16-10-4-6-13(16)12-14-7-5-11-17(14)18/h1-3,8-9,12H,4-7,10-11H2,(H2,20,21,22). The van der Waals surface area contributed by atoms with Crippen molar-refractivity contribution in [3.05, 3.63) is 58.7 Å². The Morgan fingerprint density at radius 1 is 0.917 bits per heavy atom. The van der Waals surface area contributed by atoms with E-state index in [0.29, 0.717) is 4.90 Å². The van der Waals surface area contributed by atoms with E-state index in [1.807, 2.05) is 18.2 Å². The fourth-order valence-electron chi connectivity index (χ4n) is 3.79. The second kappa shape index (κ2) is 6.40. The first kappa shape index (κ1) is 15.4. The predicted octanol–water partition coefficient (Wildman–Crippen LogP) is 3.51. The summed E-state index contributed by atoms with van der Waals surface area (Å²) in [4.78, 5) is 13.0. The lowest BCUT2D eigenvalue weighted by Gasteiger charge is -2.16.